The molecule has 7 heteroatoms. The second-order valence-corrected chi connectivity index (χ2v) is 8.23. The van der Waals surface area contributed by atoms with E-state index in [4.69, 9.17) is 0 Å². The smallest absolute Gasteiger partial charge is 0.270 e. The van der Waals surface area contributed by atoms with Gasteiger partial charge in [0.2, 0.25) is 5.91 Å². The number of rotatable bonds is 6. The highest BCUT2D eigenvalue weighted by atomic mass is 16.2. The van der Waals surface area contributed by atoms with Crippen LogP contribution in [0.15, 0.2) is 72.9 Å². The van der Waals surface area contributed by atoms with Crippen molar-refractivity contribution < 1.29 is 14.4 Å². The Kier molecular flexibility index (Phi) is 6.88. The van der Waals surface area contributed by atoms with Crippen LogP contribution in [0.5, 0.6) is 0 Å². The lowest BCUT2D eigenvalue weighted by Gasteiger charge is -2.35. The van der Waals surface area contributed by atoms with Crippen molar-refractivity contribution >= 4 is 17.7 Å². The number of amides is 3. The highest BCUT2D eigenvalue weighted by Crippen LogP contribution is 2.13. The molecule has 1 fully saturated rings. The van der Waals surface area contributed by atoms with Crippen molar-refractivity contribution in [2.75, 3.05) is 26.2 Å². The Morgan fingerprint density at radius 3 is 2.09 bits per heavy atom. The van der Waals surface area contributed by atoms with Crippen molar-refractivity contribution in [1.82, 2.24) is 19.7 Å². The molecular weight excluding hydrogens is 416 g/mol. The van der Waals surface area contributed by atoms with E-state index in [0.717, 1.165) is 5.56 Å². The number of nitrogens with zero attached hydrogens (tertiary/aromatic N) is 3. The second-order valence-electron chi connectivity index (χ2n) is 8.23. The van der Waals surface area contributed by atoms with Gasteiger partial charge in [-0.1, -0.05) is 48.0 Å². The third kappa shape index (κ3) is 5.49. The average molecular weight is 445 g/mol. The molecule has 0 unspecified atom stereocenters. The number of aromatic nitrogens is 1. The fourth-order valence-electron chi connectivity index (χ4n) is 3.90. The summed E-state index contributed by atoms with van der Waals surface area (Å²) in [5.41, 5.74) is 3.33. The first-order chi connectivity index (χ1) is 16.0. The molecular formula is C26H28N4O3. The van der Waals surface area contributed by atoms with Crippen molar-refractivity contribution in [3.8, 4) is 0 Å². The molecule has 1 aromatic heterocycles. The number of carbonyl (C=O) groups is 3. The summed E-state index contributed by atoms with van der Waals surface area (Å²) in [4.78, 5) is 41.7. The minimum absolute atomic E-state index is 0.0173. The van der Waals surface area contributed by atoms with Crippen LogP contribution in [0.4, 0.5) is 0 Å². The molecule has 1 aliphatic heterocycles. The van der Waals surface area contributed by atoms with E-state index >= 15 is 0 Å². The number of carbonyl (C=O) groups excluding carboxylic acids is 3. The van der Waals surface area contributed by atoms with Crippen LogP contribution in [-0.4, -0.2) is 58.3 Å². The van der Waals surface area contributed by atoms with Crippen molar-refractivity contribution in [3.63, 3.8) is 0 Å². The summed E-state index contributed by atoms with van der Waals surface area (Å²) in [6, 6.07) is 20.7. The van der Waals surface area contributed by atoms with Gasteiger partial charge >= 0.3 is 0 Å². The van der Waals surface area contributed by atoms with Crippen LogP contribution in [0.3, 0.4) is 0 Å². The van der Waals surface area contributed by atoms with E-state index in [-0.39, 0.29) is 24.3 Å². The van der Waals surface area contributed by atoms with Crippen molar-refractivity contribution in [2.24, 2.45) is 0 Å². The van der Waals surface area contributed by atoms with Gasteiger partial charge in [-0.2, -0.15) is 0 Å². The summed E-state index contributed by atoms with van der Waals surface area (Å²) in [7, 11) is 0. The van der Waals surface area contributed by atoms with Crippen molar-refractivity contribution in [3.05, 3.63) is 95.3 Å². The Hall–Kier alpha value is -3.87. The zero-order valence-electron chi connectivity index (χ0n) is 18.7. The Balaban J connectivity index is 1.31. The quantitative estimate of drug-likeness (QED) is 0.635. The number of hydrogen-bond donors (Lipinski definition) is 1. The number of aryl methyl sites for hydroxylation is 1. The van der Waals surface area contributed by atoms with E-state index in [1.165, 1.54) is 5.56 Å². The van der Waals surface area contributed by atoms with Crippen molar-refractivity contribution in [2.45, 2.75) is 20.0 Å². The van der Waals surface area contributed by atoms with Gasteiger partial charge in [0.15, 0.2) is 0 Å². The third-order valence-electron chi connectivity index (χ3n) is 5.85. The zero-order chi connectivity index (χ0) is 23.2. The van der Waals surface area contributed by atoms with Gasteiger partial charge in [-0.05, 0) is 36.8 Å². The van der Waals surface area contributed by atoms with E-state index in [1.54, 1.807) is 44.8 Å². The summed E-state index contributed by atoms with van der Waals surface area (Å²) < 4.78 is 1.67. The molecule has 0 radical (unpaired) electrons. The first-order valence-corrected chi connectivity index (χ1v) is 11.1. The van der Waals surface area contributed by atoms with Gasteiger partial charge in [0.1, 0.15) is 12.2 Å². The summed E-state index contributed by atoms with van der Waals surface area (Å²) in [5, 5.41) is 2.91. The average Bonchev–Trinajstić information content (AvgIpc) is 3.31. The van der Waals surface area contributed by atoms with Crippen LogP contribution in [0.25, 0.3) is 0 Å². The Morgan fingerprint density at radius 1 is 0.788 bits per heavy atom. The van der Waals surface area contributed by atoms with Gasteiger partial charge in [0.25, 0.3) is 11.8 Å². The zero-order valence-corrected chi connectivity index (χ0v) is 18.7. The van der Waals surface area contributed by atoms with Gasteiger partial charge in [-0.25, -0.2) is 0 Å². The number of piperazine rings is 1. The Bertz CT molecular complexity index is 1110. The molecule has 170 valence electrons. The molecule has 0 spiro atoms. The molecule has 2 aromatic carbocycles. The monoisotopic (exact) mass is 444 g/mol. The summed E-state index contributed by atoms with van der Waals surface area (Å²) in [6.45, 7) is 4.43. The molecule has 3 amide bonds. The van der Waals surface area contributed by atoms with Gasteiger partial charge in [0, 0.05) is 44.5 Å². The molecule has 0 aliphatic carbocycles. The van der Waals surface area contributed by atoms with Gasteiger partial charge < -0.3 is 19.7 Å². The van der Waals surface area contributed by atoms with Crippen LogP contribution in [0.2, 0.25) is 0 Å². The van der Waals surface area contributed by atoms with Crippen LogP contribution in [0.1, 0.15) is 32.0 Å². The largest absolute Gasteiger partial charge is 0.350 e. The predicted molar refractivity (Wildman–Crippen MR) is 126 cm³/mol. The van der Waals surface area contributed by atoms with Crippen LogP contribution in [0, 0.1) is 6.92 Å². The molecule has 7 nitrogen and oxygen atoms in total. The molecule has 0 saturated carbocycles. The second kappa shape index (κ2) is 10.2. The maximum absolute atomic E-state index is 13.1. The number of hydrogen-bond acceptors (Lipinski definition) is 3. The minimum Gasteiger partial charge on any atom is -0.350 e. The first-order valence-electron chi connectivity index (χ1n) is 11.1. The predicted octanol–water partition coefficient (Wildman–Crippen LogP) is 2.71. The van der Waals surface area contributed by atoms with Gasteiger partial charge in [0.05, 0.1) is 0 Å². The summed E-state index contributed by atoms with van der Waals surface area (Å²) in [5.74, 6) is -0.298. The van der Waals surface area contributed by atoms with E-state index < -0.39 is 0 Å². The molecule has 0 bridgehead atoms. The van der Waals surface area contributed by atoms with E-state index in [1.807, 2.05) is 49.4 Å². The molecule has 1 aliphatic rings. The van der Waals surface area contributed by atoms with Crippen LogP contribution >= 0.6 is 0 Å². The topological polar surface area (TPSA) is 74.7 Å². The minimum atomic E-state index is -0.154. The maximum Gasteiger partial charge on any atom is 0.270 e. The van der Waals surface area contributed by atoms with E-state index in [9.17, 15) is 14.4 Å². The molecule has 2 heterocycles. The SMILES string of the molecule is Cc1ccc(CNC(=O)Cn2cccc2C(=O)N2CCN(C(=O)c3ccccc3)CC2)cc1. The standard InChI is InChI=1S/C26H28N4O3/c1-20-9-11-21(12-10-20)18-27-24(31)19-30-13-5-8-23(30)26(33)29-16-14-28(15-17-29)25(32)22-6-3-2-4-7-22/h2-13H,14-19H2,1H3,(H,27,31). The Morgan fingerprint density at radius 2 is 1.42 bits per heavy atom. The summed E-state index contributed by atoms with van der Waals surface area (Å²) in [6.07, 6.45) is 1.74. The van der Waals surface area contributed by atoms with Crippen molar-refractivity contribution in [1.29, 1.82) is 0 Å². The number of benzene rings is 2. The summed E-state index contributed by atoms with van der Waals surface area (Å²) >= 11 is 0. The van der Waals surface area contributed by atoms with Gasteiger partial charge in [-0.3, -0.25) is 14.4 Å². The molecule has 3 aromatic rings. The molecule has 1 N–H and O–H groups in total. The molecule has 33 heavy (non-hydrogen) atoms. The molecule has 1 saturated heterocycles. The third-order valence-corrected chi connectivity index (χ3v) is 5.85. The van der Waals surface area contributed by atoms with E-state index in [2.05, 4.69) is 5.32 Å². The lowest BCUT2D eigenvalue weighted by molar-refractivity contribution is -0.121. The normalized spacial score (nSPS) is 13.6. The fourth-order valence-corrected chi connectivity index (χ4v) is 3.90. The van der Waals surface area contributed by atoms with Gasteiger partial charge in [-0.15, -0.1) is 0 Å². The fraction of sp³-hybridized carbons (Fsp3) is 0.269. The lowest BCUT2D eigenvalue weighted by atomic mass is 10.1. The maximum atomic E-state index is 13.1. The highest BCUT2D eigenvalue weighted by Gasteiger charge is 2.27. The van der Waals surface area contributed by atoms with E-state index in [0.29, 0.717) is 44.0 Å². The lowest BCUT2D eigenvalue weighted by Crippen LogP contribution is -2.51. The van der Waals surface area contributed by atoms with Crippen LogP contribution < -0.4 is 5.32 Å². The molecule has 0 atom stereocenters. The molecule has 4 rings (SSSR count). The highest BCUT2D eigenvalue weighted by molar-refractivity contribution is 5.95. The first kappa shape index (κ1) is 22.3. The number of nitrogens with one attached hydrogen (secondary N) is 1. The van der Waals surface area contributed by atoms with Crippen LogP contribution in [-0.2, 0) is 17.9 Å². The Labute approximate surface area is 193 Å².